The maximum absolute atomic E-state index is 11.3. The monoisotopic (exact) mass is 232 g/mol. The Bertz CT molecular complexity index is 542. The Morgan fingerprint density at radius 3 is 2.88 bits per heavy atom. The molecule has 1 aromatic carbocycles. The minimum Gasteiger partial charge on any atom is -0.493 e. The first kappa shape index (κ1) is 11.7. The predicted molar refractivity (Wildman–Crippen MR) is 67.5 cm³/mol. The number of hydrogen-bond donors (Lipinski definition) is 0. The van der Waals surface area contributed by atoms with Crippen LogP contribution in [0.3, 0.4) is 0 Å². The topological polar surface area (TPSA) is 39.4 Å². The number of benzene rings is 1. The van der Waals surface area contributed by atoms with Gasteiger partial charge in [-0.1, -0.05) is 31.9 Å². The van der Waals surface area contributed by atoms with Crippen LogP contribution in [0.5, 0.6) is 5.75 Å². The molecule has 0 aliphatic heterocycles. The molecule has 0 radical (unpaired) electrons. The molecule has 0 N–H and O–H groups in total. The van der Waals surface area contributed by atoms with E-state index in [1.54, 1.807) is 6.07 Å². The highest BCUT2D eigenvalue weighted by atomic mass is 16.5. The van der Waals surface area contributed by atoms with Crippen molar-refractivity contribution in [2.45, 2.75) is 26.2 Å². The van der Waals surface area contributed by atoms with Crippen LogP contribution in [0.25, 0.3) is 11.0 Å². The maximum Gasteiger partial charge on any atom is 0.339 e. The maximum atomic E-state index is 11.3. The van der Waals surface area contributed by atoms with E-state index in [-0.39, 0.29) is 5.63 Å². The summed E-state index contributed by atoms with van der Waals surface area (Å²) >= 11 is 0. The number of unbranched alkanes of at least 4 members (excludes halogenated alkanes) is 2. The van der Waals surface area contributed by atoms with E-state index in [9.17, 15) is 4.79 Å². The Balaban J connectivity index is 2.23. The molecule has 0 spiro atoms. The van der Waals surface area contributed by atoms with Crippen molar-refractivity contribution in [2.24, 2.45) is 0 Å². The molecule has 0 bridgehead atoms. The van der Waals surface area contributed by atoms with Gasteiger partial charge in [-0.3, -0.25) is 0 Å². The quantitative estimate of drug-likeness (QED) is 0.586. The lowest BCUT2D eigenvalue weighted by Crippen LogP contribution is -2.03. The minimum absolute atomic E-state index is 0.366. The molecule has 0 atom stereocenters. The van der Waals surface area contributed by atoms with E-state index in [2.05, 4.69) is 6.92 Å². The molecule has 1 aromatic heterocycles. The molecule has 0 fully saturated rings. The van der Waals surface area contributed by atoms with Crippen molar-refractivity contribution in [3.05, 3.63) is 40.8 Å². The highest BCUT2D eigenvalue weighted by Crippen LogP contribution is 2.23. The lowest BCUT2D eigenvalue weighted by Gasteiger charge is -2.07. The fourth-order valence-electron chi connectivity index (χ4n) is 1.74. The van der Waals surface area contributed by atoms with Gasteiger partial charge < -0.3 is 9.15 Å². The first-order valence-corrected chi connectivity index (χ1v) is 5.97. The average Bonchev–Trinajstić information content (AvgIpc) is 2.34. The smallest absolute Gasteiger partial charge is 0.339 e. The summed E-state index contributed by atoms with van der Waals surface area (Å²) in [6, 6.07) is 8.82. The molecular weight excluding hydrogens is 216 g/mol. The minimum atomic E-state index is -0.366. The van der Waals surface area contributed by atoms with Crippen molar-refractivity contribution in [1.82, 2.24) is 0 Å². The number of rotatable bonds is 5. The molecule has 3 nitrogen and oxygen atoms in total. The van der Waals surface area contributed by atoms with E-state index in [4.69, 9.17) is 9.15 Å². The molecule has 17 heavy (non-hydrogen) atoms. The number of hydrogen-bond acceptors (Lipinski definition) is 3. The molecule has 3 heteroatoms. The van der Waals surface area contributed by atoms with Crippen molar-refractivity contribution in [2.75, 3.05) is 6.61 Å². The SMILES string of the molecule is CCCCCOc1cc(=O)oc2ccccc12. The van der Waals surface area contributed by atoms with Crippen LogP contribution in [0, 0.1) is 0 Å². The van der Waals surface area contributed by atoms with Crippen molar-refractivity contribution in [3.8, 4) is 5.75 Å². The lowest BCUT2D eigenvalue weighted by molar-refractivity contribution is 0.307. The second kappa shape index (κ2) is 5.53. The largest absolute Gasteiger partial charge is 0.493 e. The molecule has 0 aliphatic carbocycles. The van der Waals surface area contributed by atoms with E-state index < -0.39 is 0 Å². The normalized spacial score (nSPS) is 10.6. The molecule has 0 aliphatic rings. The van der Waals surface area contributed by atoms with Crippen LogP contribution in [0.4, 0.5) is 0 Å². The van der Waals surface area contributed by atoms with Crippen LogP contribution < -0.4 is 10.4 Å². The van der Waals surface area contributed by atoms with E-state index in [0.29, 0.717) is 17.9 Å². The molecule has 2 rings (SSSR count). The van der Waals surface area contributed by atoms with Gasteiger partial charge in [0.1, 0.15) is 11.3 Å². The van der Waals surface area contributed by atoms with Gasteiger partial charge in [-0.05, 0) is 18.6 Å². The van der Waals surface area contributed by atoms with Crippen LogP contribution in [0.2, 0.25) is 0 Å². The Hall–Kier alpha value is -1.77. The van der Waals surface area contributed by atoms with Gasteiger partial charge in [0.2, 0.25) is 0 Å². The van der Waals surface area contributed by atoms with Crippen molar-refractivity contribution in [3.63, 3.8) is 0 Å². The molecule has 90 valence electrons. The zero-order valence-corrected chi connectivity index (χ0v) is 9.94. The van der Waals surface area contributed by atoms with Gasteiger partial charge in [0.05, 0.1) is 18.1 Å². The number of ether oxygens (including phenoxy) is 1. The van der Waals surface area contributed by atoms with Gasteiger partial charge in [-0.25, -0.2) is 4.79 Å². The summed E-state index contributed by atoms with van der Waals surface area (Å²) < 4.78 is 10.7. The highest BCUT2D eigenvalue weighted by Gasteiger charge is 2.05. The standard InChI is InChI=1S/C14H16O3/c1-2-3-6-9-16-13-10-14(15)17-12-8-5-4-7-11(12)13/h4-5,7-8,10H,2-3,6,9H2,1H3. The van der Waals surface area contributed by atoms with Gasteiger partial charge in [-0.15, -0.1) is 0 Å². The third-order valence-electron chi connectivity index (χ3n) is 2.62. The van der Waals surface area contributed by atoms with E-state index in [1.165, 1.54) is 6.07 Å². The van der Waals surface area contributed by atoms with Crippen LogP contribution in [-0.4, -0.2) is 6.61 Å². The Kier molecular flexibility index (Phi) is 3.81. The Morgan fingerprint density at radius 2 is 2.06 bits per heavy atom. The molecule has 0 unspecified atom stereocenters. The van der Waals surface area contributed by atoms with Crippen LogP contribution >= 0.6 is 0 Å². The summed E-state index contributed by atoms with van der Waals surface area (Å²) in [4.78, 5) is 11.3. The van der Waals surface area contributed by atoms with Crippen molar-refractivity contribution < 1.29 is 9.15 Å². The third-order valence-corrected chi connectivity index (χ3v) is 2.62. The summed E-state index contributed by atoms with van der Waals surface area (Å²) in [5, 5.41) is 0.851. The van der Waals surface area contributed by atoms with Gasteiger partial charge in [0.15, 0.2) is 0 Å². The van der Waals surface area contributed by atoms with Crippen molar-refractivity contribution in [1.29, 1.82) is 0 Å². The fraction of sp³-hybridized carbons (Fsp3) is 0.357. The number of para-hydroxylation sites is 1. The van der Waals surface area contributed by atoms with E-state index in [0.717, 1.165) is 24.6 Å². The molecule has 2 aromatic rings. The van der Waals surface area contributed by atoms with Gasteiger partial charge in [-0.2, -0.15) is 0 Å². The van der Waals surface area contributed by atoms with Gasteiger partial charge in [0.25, 0.3) is 0 Å². The van der Waals surface area contributed by atoms with Crippen LogP contribution in [-0.2, 0) is 0 Å². The molecule has 1 heterocycles. The number of fused-ring (bicyclic) bond motifs is 1. The molecule has 0 saturated heterocycles. The Morgan fingerprint density at radius 1 is 1.24 bits per heavy atom. The summed E-state index contributed by atoms with van der Waals surface area (Å²) in [5.74, 6) is 0.618. The van der Waals surface area contributed by atoms with E-state index >= 15 is 0 Å². The van der Waals surface area contributed by atoms with Crippen molar-refractivity contribution >= 4 is 11.0 Å². The Labute approximate surface area is 100 Å². The first-order valence-electron chi connectivity index (χ1n) is 5.97. The summed E-state index contributed by atoms with van der Waals surface area (Å²) in [6.45, 7) is 2.79. The summed E-state index contributed by atoms with van der Waals surface area (Å²) in [6.07, 6.45) is 3.30. The van der Waals surface area contributed by atoms with Crippen LogP contribution in [0.1, 0.15) is 26.2 Å². The summed E-state index contributed by atoms with van der Waals surface area (Å²) in [5.41, 5.74) is 0.208. The fourth-order valence-corrected chi connectivity index (χ4v) is 1.74. The van der Waals surface area contributed by atoms with Gasteiger partial charge >= 0.3 is 5.63 Å². The zero-order valence-electron chi connectivity index (χ0n) is 9.94. The lowest BCUT2D eigenvalue weighted by atomic mass is 10.2. The van der Waals surface area contributed by atoms with E-state index in [1.807, 2.05) is 18.2 Å². The second-order valence-corrected chi connectivity index (χ2v) is 3.98. The highest BCUT2D eigenvalue weighted by molar-refractivity contribution is 5.82. The predicted octanol–water partition coefficient (Wildman–Crippen LogP) is 3.36. The third kappa shape index (κ3) is 2.87. The molecule has 0 saturated carbocycles. The van der Waals surface area contributed by atoms with Gasteiger partial charge in [0, 0.05) is 0 Å². The van der Waals surface area contributed by atoms with Crippen LogP contribution in [0.15, 0.2) is 39.5 Å². The second-order valence-electron chi connectivity index (χ2n) is 3.98. The molecule has 0 amide bonds. The average molecular weight is 232 g/mol. The zero-order chi connectivity index (χ0) is 12.1. The first-order chi connectivity index (χ1) is 8.31. The summed E-state index contributed by atoms with van der Waals surface area (Å²) in [7, 11) is 0. The molecular formula is C14H16O3.